The highest BCUT2D eigenvalue weighted by molar-refractivity contribution is 7.13. The quantitative estimate of drug-likeness (QED) is 0.187. The number of carboxylic acid groups (broad SMARTS) is 2. The predicted octanol–water partition coefficient (Wildman–Crippen LogP) is 2.48. The molecule has 4 N–H and O–H groups in total. The summed E-state index contributed by atoms with van der Waals surface area (Å²) in [6.07, 6.45) is 4.35. The summed E-state index contributed by atoms with van der Waals surface area (Å²) < 4.78 is 1.50. The van der Waals surface area contributed by atoms with E-state index in [9.17, 15) is 34.8 Å². The molecule has 0 saturated carbocycles. The van der Waals surface area contributed by atoms with Crippen molar-refractivity contribution in [2.75, 3.05) is 41.4 Å². The molecule has 0 amide bonds. The second kappa shape index (κ2) is 11.8. The molecule has 240 valence electrons. The Bertz CT molecular complexity index is 2100. The Morgan fingerprint density at radius 2 is 1.74 bits per heavy atom. The molecule has 0 radical (unpaired) electrons. The Kier molecular flexibility index (Phi) is 7.67. The number of aliphatic hydroxyl groups excluding tert-OH is 2. The first-order valence-electron chi connectivity index (χ1n) is 14.3. The number of hydrogen-bond donors (Lipinski definition) is 4. The van der Waals surface area contributed by atoms with Gasteiger partial charge in [0.2, 0.25) is 5.43 Å². The van der Waals surface area contributed by atoms with Crippen LogP contribution in [0.3, 0.4) is 0 Å². The maximum Gasteiger partial charge on any atom is 0.341 e. The molecule has 1 unspecified atom stereocenters. The first-order valence-corrected chi connectivity index (χ1v) is 16.0. The molecule has 2 aliphatic heterocycles. The maximum atomic E-state index is 13.0. The number of fused-ring (bicyclic) bond motifs is 2. The summed E-state index contributed by atoms with van der Waals surface area (Å²) in [6, 6.07) is 6.32. The molecule has 3 atom stereocenters. The summed E-state index contributed by atoms with van der Waals surface area (Å²) >= 11 is 2.57. The van der Waals surface area contributed by atoms with Crippen molar-refractivity contribution in [3.63, 3.8) is 0 Å². The third-order valence-corrected chi connectivity index (χ3v) is 9.91. The van der Waals surface area contributed by atoms with E-state index in [4.69, 9.17) is 9.97 Å². The Morgan fingerprint density at radius 3 is 2.40 bits per heavy atom. The fourth-order valence-electron chi connectivity index (χ4n) is 5.97. The number of aromatic carboxylic acids is 1. The zero-order valence-electron chi connectivity index (χ0n) is 24.5. The Morgan fingerprint density at radius 1 is 1.00 bits per heavy atom. The molecule has 0 aromatic carbocycles. The van der Waals surface area contributed by atoms with E-state index in [1.54, 1.807) is 52.3 Å². The van der Waals surface area contributed by atoms with Crippen molar-refractivity contribution in [1.29, 1.82) is 0 Å². The summed E-state index contributed by atoms with van der Waals surface area (Å²) in [5, 5.41) is 45.2. The van der Waals surface area contributed by atoms with Gasteiger partial charge < -0.3 is 30.2 Å². The van der Waals surface area contributed by atoms with Gasteiger partial charge in [-0.25, -0.2) is 29.5 Å². The van der Waals surface area contributed by atoms with E-state index in [1.165, 1.54) is 39.6 Å². The van der Waals surface area contributed by atoms with Gasteiger partial charge in [0.1, 0.15) is 29.1 Å². The Balaban J connectivity index is 1.23. The summed E-state index contributed by atoms with van der Waals surface area (Å²) in [6.45, 7) is 0.721. The number of anilines is 4. The van der Waals surface area contributed by atoms with Gasteiger partial charge in [-0.05, 0) is 24.3 Å². The summed E-state index contributed by atoms with van der Waals surface area (Å²) in [5.41, 5.74) is -0.659. The van der Waals surface area contributed by atoms with Gasteiger partial charge >= 0.3 is 11.9 Å². The average molecular weight is 675 g/mol. The van der Waals surface area contributed by atoms with Gasteiger partial charge in [-0.3, -0.25) is 14.3 Å². The molecule has 0 aliphatic carbocycles. The van der Waals surface area contributed by atoms with Crippen molar-refractivity contribution in [2.45, 2.75) is 12.1 Å². The zero-order valence-corrected chi connectivity index (χ0v) is 26.2. The number of aliphatic carboxylic acids is 1. The molecule has 1 saturated heterocycles. The van der Waals surface area contributed by atoms with Crippen LogP contribution in [-0.2, 0) is 4.79 Å². The molecular formula is C30H26N8O7S2. The molecular weight excluding hydrogens is 649 g/mol. The summed E-state index contributed by atoms with van der Waals surface area (Å²) in [7, 11) is 1.85. The largest absolute Gasteiger partial charge is 0.478 e. The van der Waals surface area contributed by atoms with Crippen LogP contribution in [0.4, 0.5) is 22.6 Å². The van der Waals surface area contributed by atoms with Crippen molar-refractivity contribution in [2.24, 2.45) is 5.92 Å². The first kappa shape index (κ1) is 30.4. The van der Waals surface area contributed by atoms with Gasteiger partial charge in [-0.1, -0.05) is 0 Å². The van der Waals surface area contributed by atoms with E-state index in [1.807, 2.05) is 16.8 Å². The standard InChI is InChI=1S/C30H26N8O7S2/c1-35(21-4-2-16-23(40)18(27(42)43)11-37(25(16)33-21)29-31-6-8-46-29)20-13-36(10-15(20)14-39)22-5-3-17-24(41)19(28(44)45)12-38(26(17)34-22)30-32-7-9-47-30/h2-9,11-12,15,20,23,39-40H,10,13-14H2,1H3,(H,42,43)(H,44,45)/t15-,20+,23?/m1/s1. The van der Waals surface area contributed by atoms with Crippen LogP contribution in [-0.4, -0.2) is 89.7 Å². The molecule has 15 nitrogen and oxygen atoms in total. The summed E-state index contributed by atoms with van der Waals surface area (Å²) in [5.74, 6) is -1.43. The fourth-order valence-corrected chi connectivity index (χ4v) is 7.21. The van der Waals surface area contributed by atoms with Crippen LogP contribution in [0.1, 0.15) is 22.0 Å². The molecule has 2 aliphatic rings. The molecule has 17 heteroatoms. The minimum atomic E-state index is -1.38. The number of thiazole rings is 2. The van der Waals surface area contributed by atoms with Crippen LogP contribution in [0, 0.1) is 5.92 Å². The molecule has 5 aromatic heterocycles. The van der Waals surface area contributed by atoms with Crippen molar-refractivity contribution in [3.8, 4) is 5.13 Å². The van der Waals surface area contributed by atoms with Crippen LogP contribution < -0.4 is 20.1 Å². The first-order chi connectivity index (χ1) is 22.7. The Hall–Kier alpha value is -5.23. The molecule has 1 fully saturated rings. The number of aliphatic hydroxyl groups is 2. The third kappa shape index (κ3) is 5.18. The van der Waals surface area contributed by atoms with Crippen LogP contribution in [0.5, 0.6) is 0 Å². The van der Waals surface area contributed by atoms with Crippen LogP contribution in [0.15, 0.2) is 70.2 Å². The minimum Gasteiger partial charge on any atom is -0.478 e. The third-order valence-electron chi connectivity index (χ3n) is 8.36. The highest BCUT2D eigenvalue weighted by Gasteiger charge is 2.38. The molecule has 0 spiro atoms. The van der Waals surface area contributed by atoms with Gasteiger partial charge in [0.15, 0.2) is 15.9 Å². The average Bonchev–Trinajstić information content (AvgIpc) is 3.87. The van der Waals surface area contributed by atoms with E-state index in [-0.39, 0.29) is 35.2 Å². The molecule has 0 bridgehead atoms. The number of likely N-dealkylation sites (N-methyl/N-ethyl adjacent to an activating group) is 1. The van der Waals surface area contributed by atoms with Crippen LogP contribution in [0.25, 0.3) is 16.2 Å². The smallest absolute Gasteiger partial charge is 0.341 e. The number of carbonyl (C=O) groups is 2. The number of pyridine rings is 3. The second-order valence-corrected chi connectivity index (χ2v) is 12.7. The lowest BCUT2D eigenvalue weighted by atomic mass is 9.99. The van der Waals surface area contributed by atoms with E-state index in [2.05, 4.69) is 9.97 Å². The minimum absolute atomic E-state index is 0.134. The maximum absolute atomic E-state index is 13.0. The van der Waals surface area contributed by atoms with E-state index >= 15 is 0 Å². The van der Waals surface area contributed by atoms with Gasteiger partial charge in [-0.15, -0.1) is 22.7 Å². The van der Waals surface area contributed by atoms with Gasteiger partial charge in [0.25, 0.3) is 0 Å². The SMILES string of the molecule is CN(c1ccc2c(n1)N(c1nccs1)C=C(C(=O)O)C2O)[C@H]1CN(c2ccc3c(=O)c(C(=O)O)cn(-c4nccs4)c3n2)C[C@@H]1CO. The van der Waals surface area contributed by atoms with Crippen molar-refractivity contribution < 1.29 is 30.0 Å². The number of rotatable bonds is 8. The number of nitrogens with zero attached hydrogens (tertiary/aromatic N) is 8. The van der Waals surface area contributed by atoms with E-state index in [0.717, 1.165) is 0 Å². The molecule has 5 aromatic rings. The molecule has 47 heavy (non-hydrogen) atoms. The molecule has 7 rings (SSSR count). The van der Waals surface area contributed by atoms with Gasteiger partial charge in [0, 0.05) is 73.8 Å². The number of hydrogen-bond acceptors (Lipinski definition) is 14. The number of aromatic nitrogens is 5. The zero-order chi connectivity index (χ0) is 33.0. The second-order valence-electron chi connectivity index (χ2n) is 11.0. The van der Waals surface area contributed by atoms with E-state index in [0.29, 0.717) is 46.4 Å². The monoisotopic (exact) mass is 674 g/mol. The lowest BCUT2D eigenvalue weighted by molar-refractivity contribution is -0.133. The number of carboxylic acids is 2. The Labute approximate surface area is 273 Å². The van der Waals surface area contributed by atoms with Crippen molar-refractivity contribution in [1.82, 2.24) is 24.5 Å². The highest BCUT2D eigenvalue weighted by Crippen LogP contribution is 2.41. The van der Waals surface area contributed by atoms with E-state index < -0.39 is 29.0 Å². The van der Waals surface area contributed by atoms with Crippen LogP contribution in [0.2, 0.25) is 0 Å². The highest BCUT2D eigenvalue weighted by atomic mass is 32.1. The lowest BCUT2D eigenvalue weighted by Crippen LogP contribution is -2.40. The fraction of sp³-hybridized carbons (Fsp3) is 0.233. The van der Waals surface area contributed by atoms with Crippen LogP contribution >= 0.6 is 22.7 Å². The normalized spacial score (nSPS) is 19.1. The topological polar surface area (TPSA) is 198 Å². The van der Waals surface area contributed by atoms with Crippen molar-refractivity contribution >= 4 is 68.2 Å². The lowest BCUT2D eigenvalue weighted by Gasteiger charge is -2.32. The van der Waals surface area contributed by atoms with Gasteiger partial charge in [0.05, 0.1) is 17.0 Å². The van der Waals surface area contributed by atoms with Crippen molar-refractivity contribution in [3.05, 3.63) is 86.7 Å². The predicted molar refractivity (Wildman–Crippen MR) is 174 cm³/mol. The molecule has 7 heterocycles. The summed E-state index contributed by atoms with van der Waals surface area (Å²) in [4.78, 5) is 60.4. The van der Waals surface area contributed by atoms with Gasteiger partial charge in [-0.2, -0.15) is 0 Å².